The minimum absolute atomic E-state index is 0.174. The fraction of sp³-hybridized carbons (Fsp3) is 0.500. The third kappa shape index (κ3) is 3.37. The van der Waals surface area contributed by atoms with Crippen LogP contribution in [0, 0.1) is 0 Å². The summed E-state index contributed by atoms with van der Waals surface area (Å²) >= 11 is 0. The van der Waals surface area contributed by atoms with Gasteiger partial charge in [0.05, 0.1) is 13.2 Å². The van der Waals surface area contributed by atoms with Gasteiger partial charge < -0.3 is 9.47 Å². The van der Waals surface area contributed by atoms with Crippen LogP contribution in [0.1, 0.15) is 19.3 Å². The highest BCUT2D eigenvalue weighted by Gasteiger charge is 2.16. The molecule has 0 radical (unpaired) electrons. The van der Waals surface area contributed by atoms with Crippen molar-refractivity contribution in [3.05, 3.63) is 34.9 Å². The summed E-state index contributed by atoms with van der Waals surface area (Å²) in [5.74, 6) is -0.0995. The van der Waals surface area contributed by atoms with Crippen molar-refractivity contribution in [2.45, 2.75) is 32.1 Å². The molecule has 1 fully saturated rings. The van der Waals surface area contributed by atoms with Gasteiger partial charge in [-0.3, -0.25) is 14.1 Å². The summed E-state index contributed by atoms with van der Waals surface area (Å²) in [7, 11) is 0. The normalized spacial score (nSPS) is 18.8. The Labute approximate surface area is 121 Å². The summed E-state index contributed by atoms with van der Waals surface area (Å²) in [5, 5.41) is 3.78. The Hall–Kier alpha value is -1.99. The maximum Gasteiger partial charge on any atom is 0.441 e. The van der Waals surface area contributed by atoms with E-state index in [2.05, 4.69) is 10.1 Å². The summed E-state index contributed by atoms with van der Waals surface area (Å²) < 4.78 is 17.3. The first kappa shape index (κ1) is 14.0. The van der Waals surface area contributed by atoms with Crippen LogP contribution in [-0.4, -0.2) is 34.2 Å². The Kier molecular flexibility index (Phi) is 4.42. The first-order valence-electron chi connectivity index (χ1n) is 7.06. The fourth-order valence-corrected chi connectivity index (χ4v) is 2.26. The van der Waals surface area contributed by atoms with Crippen LogP contribution in [0.4, 0.5) is 0 Å². The molecular weight excluding hydrogens is 274 g/mol. The molecule has 0 amide bonds. The van der Waals surface area contributed by atoms with E-state index in [0.717, 1.165) is 25.9 Å². The number of hydrogen-bond acceptors (Lipinski definition) is 6. The first-order chi connectivity index (χ1) is 10.3. The van der Waals surface area contributed by atoms with Crippen LogP contribution in [0.15, 0.2) is 33.7 Å². The highest BCUT2D eigenvalue weighted by Crippen LogP contribution is 2.15. The number of hydrogen-bond donors (Lipinski definition) is 0. The zero-order chi connectivity index (χ0) is 14.5. The average molecular weight is 291 g/mol. The molecule has 0 unspecified atom stereocenters. The summed E-state index contributed by atoms with van der Waals surface area (Å²) in [4.78, 5) is 15.9. The van der Waals surface area contributed by atoms with Crippen LogP contribution in [0.5, 0.6) is 0 Å². The van der Waals surface area contributed by atoms with Crippen LogP contribution >= 0.6 is 0 Å². The van der Waals surface area contributed by atoms with E-state index in [1.54, 1.807) is 18.3 Å². The maximum atomic E-state index is 11.7. The van der Waals surface area contributed by atoms with Gasteiger partial charge in [0.1, 0.15) is 5.69 Å². The zero-order valence-electron chi connectivity index (χ0n) is 11.6. The number of ether oxygens (including phenoxy) is 2. The van der Waals surface area contributed by atoms with Crippen LogP contribution in [0.2, 0.25) is 0 Å². The van der Waals surface area contributed by atoms with Gasteiger partial charge in [0.15, 0.2) is 6.29 Å². The van der Waals surface area contributed by atoms with Gasteiger partial charge >= 0.3 is 5.76 Å². The van der Waals surface area contributed by atoms with E-state index >= 15 is 0 Å². The second kappa shape index (κ2) is 6.64. The molecule has 7 heteroatoms. The topological polar surface area (TPSA) is 79.4 Å². The van der Waals surface area contributed by atoms with Crippen molar-refractivity contribution in [2.75, 3.05) is 13.2 Å². The minimum atomic E-state index is -0.510. The van der Waals surface area contributed by atoms with Crippen molar-refractivity contribution in [1.82, 2.24) is 14.7 Å². The number of aromatic nitrogens is 3. The quantitative estimate of drug-likeness (QED) is 0.829. The van der Waals surface area contributed by atoms with Gasteiger partial charge in [-0.05, 0) is 31.4 Å². The van der Waals surface area contributed by atoms with Crippen molar-refractivity contribution in [3.63, 3.8) is 0 Å². The van der Waals surface area contributed by atoms with E-state index in [4.69, 9.17) is 14.0 Å². The van der Waals surface area contributed by atoms with E-state index in [-0.39, 0.29) is 6.29 Å². The standard InChI is InChI=1S/C14H17N3O4/c18-14-17(8-10-20-12-6-2-4-9-19-12)13(16-21-14)11-5-1-3-7-15-11/h1,3,5,7,12H,2,4,6,8-10H2/t12-/m1/s1. The number of pyridine rings is 1. The molecule has 0 aliphatic carbocycles. The minimum Gasteiger partial charge on any atom is -0.353 e. The lowest BCUT2D eigenvalue weighted by atomic mass is 10.2. The van der Waals surface area contributed by atoms with E-state index in [9.17, 15) is 4.79 Å². The molecule has 0 spiro atoms. The van der Waals surface area contributed by atoms with Gasteiger partial charge in [0, 0.05) is 12.8 Å². The molecule has 0 saturated carbocycles. The molecular formula is C14H17N3O4. The summed E-state index contributed by atoms with van der Waals surface area (Å²) in [5.41, 5.74) is 0.595. The van der Waals surface area contributed by atoms with E-state index in [1.807, 2.05) is 6.07 Å². The maximum absolute atomic E-state index is 11.7. The number of rotatable bonds is 5. The van der Waals surface area contributed by atoms with Gasteiger partial charge in [-0.1, -0.05) is 11.2 Å². The Morgan fingerprint density at radius 1 is 1.38 bits per heavy atom. The molecule has 1 atom stereocenters. The molecule has 0 bridgehead atoms. The van der Waals surface area contributed by atoms with E-state index in [1.165, 1.54) is 4.57 Å². The second-order valence-electron chi connectivity index (χ2n) is 4.81. The molecule has 3 heterocycles. The molecule has 2 aromatic heterocycles. The molecule has 112 valence electrons. The fourth-order valence-electron chi connectivity index (χ4n) is 2.26. The lowest BCUT2D eigenvalue weighted by Crippen LogP contribution is -2.26. The Balaban J connectivity index is 1.65. The van der Waals surface area contributed by atoms with Gasteiger partial charge in [-0.15, -0.1) is 0 Å². The van der Waals surface area contributed by atoms with Crippen molar-refractivity contribution >= 4 is 0 Å². The third-order valence-corrected chi connectivity index (χ3v) is 3.34. The van der Waals surface area contributed by atoms with Gasteiger partial charge in [0.25, 0.3) is 0 Å². The van der Waals surface area contributed by atoms with Crippen molar-refractivity contribution in [1.29, 1.82) is 0 Å². The van der Waals surface area contributed by atoms with Crippen LogP contribution in [0.3, 0.4) is 0 Å². The van der Waals surface area contributed by atoms with Crippen LogP contribution in [0.25, 0.3) is 11.5 Å². The summed E-state index contributed by atoms with van der Waals surface area (Å²) in [6.07, 6.45) is 4.55. The molecule has 0 aromatic carbocycles. The second-order valence-corrected chi connectivity index (χ2v) is 4.81. The predicted octanol–water partition coefficient (Wildman–Crippen LogP) is 1.44. The molecule has 1 saturated heterocycles. The summed E-state index contributed by atoms with van der Waals surface area (Å²) in [6, 6.07) is 5.41. The molecule has 1 aliphatic heterocycles. The van der Waals surface area contributed by atoms with E-state index in [0.29, 0.717) is 24.7 Å². The zero-order valence-corrected chi connectivity index (χ0v) is 11.6. The van der Waals surface area contributed by atoms with Gasteiger partial charge in [-0.2, -0.15) is 0 Å². The molecule has 21 heavy (non-hydrogen) atoms. The Bertz CT molecular complexity index is 617. The van der Waals surface area contributed by atoms with Crippen molar-refractivity contribution in [2.24, 2.45) is 0 Å². The Morgan fingerprint density at radius 3 is 3.10 bits per heavy atom. The molecule has 3 rings (SSSR count). The smallest absolute Gasteiger partial charge is 0.353 e. The van der Waals surface area contributed by atoms with Gasteiger partial charge in [0.2, 0.25) is 5.82 Å². The van der Waals surface area contributed by atoms with Crippen molar-refractivity contribution < 1.29 is 14.0 Å². The molecule has 2 aromatic rings. The number of nitrogens with zero attached hydrogens (tertiary/aromatic N) is 3. The monoisotopic (exact) mass is 291 g/mol. The molecule has 0 N–H and O–H groups in total. The van der Waals surface area contributed by atoms with Crippen LogP contribution < -0.4 is 5.76 Å². The predicted molar refractivity (Wildman–Crippen MR) is 73.5 cm³/mol. The highest BCUT2D eigenvalue weighted by molar-refractivity contribution is 5.47. The van der Waals surface area contributed by atoms with Crippen LogP contribution in [-0.2, 0) is 16.0 Å². The average Bonchev–Trinajstić information content (AvgIpc) is 2.91. The molecule has 7 nitrogen and oxygen atoms in total. The summed E-state index contributed by atoms with van der Waals surface area (Å²) in [6.45, 7) is 1.46. The first-order valence-corrected chi connectivity index (χ1v) is 7.06. The lowest BCUT2D eigenvalue weighted by Gasteiger charge is -2.22. The third-order valence-electron chi connectivity index (χ3n) is 3.34. The largest absolute Gasteiger partial charge is 0.441 e. The SMILES string of the molecule is O=c1onc(-c2ccccn2)n1CCO[C@@H]1CCCCO1. The van der Waals surface area contributed by atoms with E-state index < -0.39 is 5.76 Å². The molecule has 1 aliphatic rings. The highest BCUT2D eigenvalue weighted by atomic mass is 16.7. The van der Waals surface area contributed by atoms with Crippen molar-refractivity contribution in [3.8, 4) is 11.5 Å². The lowest BCUT2D eigenvalue weighted by molar-refractivity contribution is -0.163. The van der Waals surface area contributed by atoms with Gasteiger partial charge in [-0.25, -0.2) is 4.79 Å². The Morgan fingerprint density at radius 2 is 2.33 bits per heavy atom.